The average Bonchev–Trinajstić information content (AvgIpc) is 2.56. The lowest BCUT2D eigenvalue weighted by Crippen LogP contribution is -2.28. The molecule has 1 heterocycles. The molecule has 0 saturated heterocycles. The lowest BCUT2D eigenvalue weighted by Gasteiger charge is -2.10. The molecule has 0 bridgehead atoms. The van der Waals surface area contributed by atoms with Crippen molar-refractivity contribution in [3.05, 3.63) is 52.3 Å². The summed E-state index contributed by atoms with van der Waals surface area (Å²) in [6, 6.07) is 11.0. The van der Waals surface area contributed by atoms with Crippen molar-refractivity contribution in [2.75, 3.05) is 12.3 Å². The predicted molar refractivity (Wildman–Crippen MR) is 94.3 cm³/mol. The molecule has 2 aromatic rings. The first-order chi connectivity index (χ1) is 11.6. The van der Waals surface area contributed by atoms with E-state index in [4.69, 9.17) is 0 Å². The number of benzene rings is 1. The second-order valence-corrected chi connectivity index (χ2v) is 6.20. The normalized spacial score (nSPS) is 10.5. The van der Waals surface area contributed by atoms with Gasteiger partial charge in [-0.1, -0.05) is 49.0 Å². The fraction of sp³-hybridized carbons (Fsp3) is 0.353. The van der Waals surface area contributed by atoms with Crippen LogP contribution in [0, 0.1) is 0 Å². The van der Waals surface area contributed by atoms with Gasteiger partial charge in [0, 0.05) is 13.1 Å². The molecular weight excluding hydrogens is 326 g/mol. The van der Waals surface area contributed by atoms with Gasteiger partial charge < -0.3 is 10.4 Å². The Labute approximate surface area is 144 Å². The summed E-state index contributed by atoms with van der Waals surface area (Å²) in [6.45, 7) is 3.01. The lowest BCUT2D eigenvalue weighted by molar-refractivity contribution is -0.118. The summed E-state index contributed by atoms with van der Waals surface area (Å²) < 4.78 is 1.47. The van der Waals surface area contributed by atoms with Crippen LogP contribution in [-0.4, -0.2) is 32.9 Å². The number of nitrogens with one attached hydrogen (secondary N) is 1. The second kappa shape index (κ2) is 9.12. The van der Waals surface area contributed by atoms with Crippen molar-refractivity contribution >= 4 is 17.7 Å². The Balaban J connectivity index is 1.86. The van der Waals surface area contributed by atoms with E-state index in [9.17, 15) is 14.7 Å². The second-order valence-electron chi connectivity index (χ2n) is 5.26. The molecule has 1 aromatic heterocycles. The standard InChI is InChI=1S/C17H21N3O3S/c1-2-10-20-16(23)11-14(21)19-17(20)24-12-15(22)18-9-8-13-6-4-3-5-7-13/h3-7,11,21H,2,8-10,12H2,1H3,(H,18,22). The summed E-state index contributed by atoms with van der Waals surface area (Å²) in [5.74, 6) is -0.301. The van der Waals surface area contributed by atoms with Gasteiger partial charge in [-0.25, -0.2) is 0 Å². The van der Waals surface area contributed by atoms with Crippen molar-refractivity contribution in [2.45, 2.75) is 31.5 Å². The Morgan fingerprint density at radius 2 is 2.08 bits per heavy atom. The van der Waals surface area contributed by atoms with Crippen LogP contribution in [-0.2, 0) is 17.8 Å². The summed E-state index contributed by atoms with van der Waals surface area (Å²) in [7, 11) is 0. The molecule has 0 aliphatic heterocycles. The van der Waals surface area contributed by atoms with Crippen molar-refractivity contribution in [3.8, 4) is 5.88 Å². The van der Waals surface area contributed by atoms with Crippen molar-refractivity contribution in [2.24, 2.45) is 0 Å². The molecule has 0 fully saturated rings. The van der Waals surface area contributed by atoms with Gasteiger partial charge in [0.05, 0.1) is 11.8 Å². The largest absolute Gasteiger partial charge is 0.493 e. The van der Waals surface area contributed by atoms with E-state index in [1.54, 1.807) is 0 Å². The maximum atomic E-state index is 11.9. The molecule has 6 nitrogen and oxygen atoms in total. The molecule has 0 aliphatic carbocycles. The first-order valence-corrected chi connectivity index (χ1v) is 8.83. The third kappa shape index (κ3) is 5.42. The van der Waals surface area contributed by atoms with Gasteiger partial charge in [0.1, 0.15) is 0 Å². The lowest BCUT2D eigenvalue weighted by atomic mass is 10.1. The van der Waals surface area contributed by atoms with Gasteiger partial charge in [0.15, 0.2) is 5.16 Å². The van der Waals surface area contributed by atoms with Crippen LogP contribution in [0.15, 0.2) is 46.3 Å². The molecule has 0 unspecified atom stereocenters. The number of amides is 1. The molecule has 0 radical (unpaired) electrons. The quantitative estimate of drug-likeness (QED) is 0.562. The monoisotopic (exact) mass is 347 g/mol. The molecule has 2 N–H and O–H groups in total. The topological polar surface area (TPSA) is 84.2 Å². The summed E-state index contributed by atoms with van der Waals surface area (Å²) >= 11 is 1.15. The molecule has 128 valence electrons. The average molecular weight is 347 g/mol. The van der Waals surface area contributed by atoms with Gasteiger partial charge in [0.25, 0.3) is 5.56 Å². The molecule has 24 heavy (non-hydrogen) atoms. The minimum atomic E-state index is -0.320. The smallest absolute Gasteiger partial charge is 0.257 e. The van der Waals surface area contributed by atoms with E-state index in [1.165, 1.54) is 4.57 Å². The van der Waals surface area contributed by atoms with Crippen LogP contribution in [0.4, 0.5) is 0 Å². The zero-order valence-corrected chi connectivity index (χ0v) is 14.4. The highest BCUT2D eigenvalue weighted by Gasteiger charge is 2.11. The van der Waals surface area contributed by atoms with E-state index in [1.807, 2.05) is 37.3 Å². The van der Waals surface area contributed by atoms with E-state index in [2.05, 4.69) is 10.3 Å². The number of nitrogens with zero attached hydrogens (tertiary/aromatic N) is 2. The SMILES string of the molecule is CCCn1c(SCC(=O)NCCc2ccccc2)nc(O)cc1=O. The van der Waals surface area contributed by atoms with Gasteiger partial charge in [0.2, 0.25) is 11.8 Å². The van der Waals surface area contributed by atoms with Crippen LogP contribution < -0.4 is 10.9 Å². The minimum absolute atomic E-state index is 0.128. The third-order valence-electron chi connectivity index (χ3n) is 3.32. The summed E-state index contributed by atoms with van der Waals surface area (Å²) in [6.07, 6.45) is 1.53. The first kappa shape index (κ1) is 18.1. The molecule has 1 amide bonds. The fourth-order valence-electron chi connectivity index (χ4n) is 2.18. The highest BCUT2D eigenvalue weighted by Crippen LogP contribution is 2.16. The molecule has 0 saturated carbocycles. The van der Waals surface area contributed by atoms with Crippen molar-refractivity contribution in [1.29, 1.82) is 0 Å². The molecule has 7 heteroatoms. The molecule has 0 spiro atoms. The summed E-state index contributed by atoms with van der Waals surface area (Å²) in [5.41, 5.74) is 0.855. The summed E-state index contributed by atoms with van der Waals surface area (Å²) in [5, 5.41) is 12.7. The number of hydrogen-bond donors (Lipinski definition) is 2. The maximum absolute atomic E-state index is 11.9. The Bertz CT molecular complexity index is 732. The van der Waals surface area contributed by atoms with Gasteiger partial charge in [-0.15, -0.1) is 0 Å². The zero-order chi connectivity index (χ0) is 17.4. The van der Waals surface area contributed by atoms with E-state index >= 15 is 0 Å². The number of aromatic nitrogens is 2. The molecule has 1 aromatic carbocycles. The Kier molecular flexibility index (Phi) is 6.87. The van der Waals surface area contributed by atoms with E-state index < -0.39 is 0 Å². The number of aromatic hydroxyl groups is 1. The van der Waals surface area contributed by atoms with Crippen LogP contribution in [0.25, 0.3) is 0 Å². The van der Waals surface area contributed by atoms with Crippen LogP contribution >= 0.6 is 11.8 Å². The predicted octanol–water partition coefficient (Wildman–Crippen LogP) is 1.81. The van der Waals surface area contributed by atoms with E-state index in [0.717, 1.165) is 36.2 Å². The van der Waals surface area contributed by atoms with Crippen LogP contribution in [0.1, 0.15) is 18.9 Å². The van der Waals surface area contributed by atoms with Crippen LogP contribution in [0.2, 0.25) is 0 Å². The highest BCUT2D eigenvalue weighted by molar-refractivity contribution is 7.99. The highest BCUT2D eigenvalue weighted by atomic mass is 32.2. The van der Waals surface area contributed by atoms with Crippen LogP contribution in [0.3, 0.4) is 0 Å². The van der Waals surface area contributed by atoms with Gasteiger partial charge >= 0.3 is 0 Å². The Morgan fingerprint density at radius 3 is 2.79 bits per heavy atom. The molecular formula is C17H21N3O3S. The Morgan fingerprint density at radius 1 is 1.33 bits per heavy atom. The summed E-state index contributed by atoms with van der Waals surface area (Å²) in [4.78, 5) is 27.8. The molecule has 2 rings (SSSR count). The molecule has 0 atom stereocenters. The van der Waals surface area contributed by atoms with Crippen LogP contribution in [0.5, 0.6) is 5.88 Å². The number of rotatable bonds is 8. The van der Waals surface area contributed by atoms with E-state index in [-0.39, 0.29) is 23.1 Å². The van der Waals surface area contributed by atoms with Crippen molar-refractivity contribution in [1.82, 2.24) is 14.9 Å². The first-order valence-electron chi connectivity index (χ1n) is 7.84. The zero-order valence-electron chi connectivity index (χ0n) is 13.6. The Hall–Kier alpha value is -2.28. The van der Waals surface area contributed by atoms with Crippen molar-refractivity contribution in [3.63, 3.8) is 0 Å². The number of carbonyl (C=O) groups is 1. The van der Waals surface area contributed by atoms with Gasteiger partial charge in [-0.2, -0.15) is 4.98 Å². The van der Waals surface area contributed by atoms with Gasteiger partial charge in [-0.3, -0.25) is 14.2 Å². The van der Waals surface area contributed by atoms with E-state index in [0.29, 0.717) is 18.2 Å². The number of carbonyl (C=O) groups excluding carboxylic acids is 1. The fourth-order valence-corrected chi connectivity index (χ4v) is 3.04. The van der Waals surface area contributed by atoms with Gasteiger partial charge in [-0.05, 0) is 18.4 Å². The maximum Gasteiger partial charge on any atom is 0.257 e. The number of hydrogen-bond acceptors (Lipinski definition) is 5. The molecule has 0 aliphatic rings. The van der Waals surface area contributed by atoms with Crippen molar-refractivity contribution < 1.29 is 9.90 Å². The minimum Gasteiger partial charge on any atom is -0.493 e. The third-order valence-corrected chi connectivity index (χ3v) is 4.29. The number of thioether (sulfide) groups is 1.